The van der Waals surface area contributed by atoms with Gasteiger partial charge in [0.2, 0.25) is 0 Å². The van der Waals surface area contributed by atoms with E-state index in [2.05, 4.69) is 38.0 Å². The van der Waals surface area contributed by atoms with Gasteiger partial charge in [0, 0.05) is 12.8 Å². The van der Waals surface area contributed by atoms with Crippen LogP contribution in [-0.4, -0.2) is 30.0 Å². The fraction of sp³-hybridized carbons (Fsp3) is 0.385. The maximum absolute atomic E-state index is 5.64. The number of alkyl halides is 1. The molecule has 1 aromatic carbocycles. The second-order valence-corrected chi connectivity index (χ2v) is 5.64. The summed E-state index contributed by atoms with van der Waals surface area (Å²) in [7, 11) is 0. The predicted octanol–water partition coefficient (Wildman–Crippen LogP) is 2.84. The zero-order valence-corrected chi connectivity index (χ0v) is 11.1. The van der Waals surface area contributed by atoms with Gasteiger partial charge in [-0.1, -0.05) is 46.3 Å². The minimum atomic E-state index is -0.127. The first-order valence-electron chi connectivity index (χ1n) is 5.62. The summed E-state index contributed by atoms with van der Waals surface area (Å²) < 4.78 is 5.52. The van der Waals surface area contributed by atoms with E-state index >= 15 is 0 Å². The molecule has 0 bridgehead atoms. The van der Waals surface area contributed by atoms with Crippen molar-refractivity contribution in [1.29, 1.82) is 0 Å². The molecule has 0 saturated heterocycles. The summed E-state index contributed by atoms with van der Waals surface area (Å²) in [6.07, 6.45) is 4.36. The van der Waals surface area contributed by atoms with Gasteiger partial charge in [-0.3, -0.25) is 4.99 Å². The first-order valence-corrected chi connectivity index (χ1v) is 6.41. The molecule has 0 N–H and O–H groups in total. The second-order valence-electron chi connectivity index (χ2n) is 4.06. The highest BCUT2D eigenvalue weighted by Gasteiger charge is 2.25. The Morgan fingerprint density at radius 2 is 2.12 bits per heavy atom. The molecule has 1 aromatic rings. The van der Waals surface area contributed by atoms with Gasteiger partial charge in [-0.2, -0.15) is 0 Å². The van der Waals surface area contributed by atoms with Crippen molar-refractivity contribution < 1.29 is 4.74 Å². The summed E-state index contributed by atoms with van der Waals surface area (Å²) in [6.45, 7) is 2.08. The number of nitrogens with zero attached hydrogens (tertiary/aromatic N) is 2. The van der Waals surface area contributed by atoms with Gasteiger partial charge < -0.3 is 4.74 Å². The molecule has 1 unspecified atom stereocenters. The molecule has 3 nitrogen and oxygen atoms in total. The molecule has 1 heterocycles. The summed E-state index contributed by atoms with van der Waals surface area (Å²) >= 11 is 3.64. The number of ether oxygens (including phenoxy) is 1. The molecule has 0 amide bonds. The maximum atomic E-state index is 5.64. The minimum absolute atomic E-state index is 0.127. The molecular formula is C13H15BrN2O. The number of benzene rings is 1. The van der Waals surface area contributed by atoms with Crippen LogP contribution >= 0.6 is 15.9 Å². The Bertz CT molecular complexity index is 405. The Labute approximate surface area is 110 Å². The van der Waals surface area contributed by atoms with Crippen molar-refractivity contribution >= 4 is 28.5 Å². The topological polar surface area (TPSA) is 34.0 Å². The third-order valence-corrected chi connectivity index (χ3v) is 3.43. The molecule has 90 valence electrons. The van der Waals surface area contributed by atoms with Crippen LogP contribution < -0.4 is 0 Å². The summed E-state index contributed by atoms with van der Waals surface area (Å²) in [5, 5.41) is 0. The van der Waals surface area contributed by atoms with Crippen molar-refractivity contribution in [3.05, 3.63) is 35.9 Å². The highest BCUT2D eigenvalue weighted by Crippen LogP contribution is 2.22. The number of halogens is 1. The number of hydrogen-bond donors (Lipinski definition) is 0. The van der Waals surface area contributed by atoms with Gasteiger partial charge >= 0.3 is 0 Å². The Morgan fingerprint density at radius 3 is 2.82 bits per heavy atom. The molecule has 1 aliphatic heterocycles. The van der Waals surface area contributed by atoms with Crippen LogP contribution in [0.25, 0.3) is 0 Å². The van der Waals surface area contributed by atoms with E-state index in [9.17, 15) is 0 Å². The number of rotatable bonds is 5. The Balaban J connectivity index is 1.70. The lowest BCUT2D eigenvalue weighted by Crippen LogP contribution is -2.30. The SMILES string of the molecule is BrC1(CCOCc2ccccc2)C=NC=NC1. The standard InChI is InChI=1S/C13H15BrN2O/c14-13(9-15-11-16-10-13)6-7-17-8-12-4-2-1-3-5-12/h1-5,9,11H,6-8,10H2. The average Bonchev–Trinajstić information content (AvgIpc) is 2.37. The van der Waals surface area contributed by atoms with E-state index in [1.165, 1.54) is 5.56 Å². The van der Waals surface area contributed by atoms with E-state index in [4.69, 9.17) is 4.74 Å². The van der Waals surface area contributed by atoms with Crippen LogP contribution in [0.2, 0.25) is 0 Å². The van der Waals surface area contributed by atoms with Crippen molar-refractivity contribution in [2.45, 2.75) is 17.4 Å². The molecule has 0 aliphatic carbocycles. The average molecular weight is 295 g/mol. The first-order chi connectivity index (χ1) is 8.29. The fourth-order valence-electron chi connectivity index (χ4n) is 1.60. The van der Waals surface area contributed by atoms with E-state index in [-0.39, 0.29) is 4.32 Å². The largest absolute Gasteiger partial charge is 0.377 e. The van der Waals surface area contributed by atoms with Gasteiger partial charge in [-0.15, -0.1) is 0 Å². The van der Waals surface area contributed by atoms with E-state index in [0.29, 0.717) is 13.2 Å². The number of aliphatic imine (C=N–C) groups is 2. The third kappa shape index (κ3) is 4.06. The quantitative estimate of drug-likeness (QED) is 0.607. The highest BCUT2D eigenvalue weighted by atomic mass is 79.9. The fourth-order valence-corrected chi connectivity index (χ4v) is 2.02. The molecule has 1 atom stereocenters. The highest BCUT2D eigenvalue weighted by molar-refractivity contribution is 9.10. The molecular weight excluding hydrogens is 280 g/mol. The van der Waals surface area contributed by atoms with Crippen LogP contribution in [0.1, 0.15) is 12.0 Å². The third-order valence-electron chi connectivity index (χ3n) is 2.58. The van der Waals surface area contributed by atoms with Gasteiger partial charge in [0.05, 0.1) is 17.5 Å². The lowest BCUT2D eigenvalue weighted by atomic mass is 10.1. The van der Waals surface area contributed by atoms with Crippen molar-refractivity contribution in [3.63, 3.8) is 0 Å². The molecule has 0 saturated carbocycles. The summed E-state index contributed by atoms with van der Waals surface area (Å²) in [5.74, 6) is 0. The van der Waals surface area contributed by atoms with E-state index in [1.54, 1.807) is 6.34 Å². The summed E-state index contributed by atoms with van der Waals surface area (Å²) in [5.41, 5.74) is 1.20. The Hall–Kier alpha value is -1.00. The van der Waals surface area contributed by atoms with Crippen molar-refractivity contribution in [1.82, 2.24) is 0 Å². The lowest BCUT2D eigenvalue weighted by Gasteiger charge is -2.22. The Morgan fingerprint density at radius 1 is 1.29 bits per heavy atom. The van der Waals surface area contributed by atoms with Gasteiger partial charge in [0.15, 0.2) is 0 Å². The zero-order valence-electron chi connectivity index (χ0n) is 9.55. The van der Waals surface area contributed by atoms with Crippen molar-refractivity contribution in [2.24, 2.45) is 9.98 Å². The lowest BCUT2D eigenvalue weighted by molar-refractivity contribution is 0.116. The van der Waals surface area contributed by atoms with Crippen LogP contribution in [0.4, 0.5) is 0 Å². The minimum Gasteiger partial charge on any atom is -0.377 e. The molecule has 0 fully saturated rings. The normalized spacial score (nSPS) is 22.9. The van der Waals surface area contributed by atoms with Gasteiger partial charge in [-0.25, -0.2) is 4.99 Å². The monoisotopic (exact) mass is 294 g/mol. The van der Waals surface area contributed by atoms with Crippen LogP contribution in [0.15, 0.2) is 40.3 Å². The second kappa shape index (κ2) is 6.07. The van der Waals surface area contributed by atoms with Gasteiger partial charge in [-0.05, 0) is 12.0 Å². The molecule has 0 spiro atoms. The van der Waals surface area contributed by atoms with Crippen molar-refractivity contribution in [3.8, 4) is 0 Å². The predicted molar refractivity (Wildman–Crippen MR) is 74.2 cm³/mol. The summed E-state index contributed by atoms with van der Waals surface area (Å²) in [6, 6.07) is 10.2. The smallest absolute Gasteiger partial charge is 0.109 e. The van der Waals surface area contributed by atoms with E-state index in [0.717, 1.165) is 13.0 Å². The van der Waals surface area contributed by atoms with E-state index in [1.807, 2.05) is 24.4 Å². The Kier molecular flexibility index (Phi) is 4.45. The molecule has 0 radical (unpaired) electrons. The molecule has 1 aliphatic rings. The number of hydrogen-bond acceptors (Lipinski definition) is 3. The van der Waals surface area contributed by atoms with Crippen molar-refractivity contribution in [2.75, 3.05) is 13.2 Å². The molecule has 2 rings (SSSR count). The van der Waals surface area contributed by atoms with Gasteiger partial charge in [0.25, 0.3) is 0 Å². The first kappa shape index (κ1) is 12.5. The van der Waals surface area contributed by atoms with E-state index < -0.39 is 0 Å². The summed E-state index contributed by atoms with van der Waals surface area (Å²) in [4.78, 5) is 8.19. The molecule has 17 heavy (non-hydrogen) atoms. The van der Waals surface area contributed by atoms with Crippen LogP contribution in [0.3, 0.4) is 0 Å². The molecule has 0 aromatic heterocycles. The van der Waals surface area contributed by atoms with Gasteiger partial charge in [0.1, 0.15) is 6.34 Å². The zero-order chi connectivity index (χ0) is 12.0. The van der Waals surface area contributed by atoms with Crippen LogP contribution in [0, 0.1) is 0 Å². The maximum Gasteiger partial charge on any atom is 0.109 e. The molecule has 4 heteroatoms. The van der Waals surface area contributed by atoms with Crippen LogP contribution in [-0.2, 0) is 11.3 Å². The van der Waals surface area contributed by atoms with Crippen LogP contribution in [0.5, 0.6) is 0 Å².